The molecule has 0 aromatic rings. The molecule has 0 bridgehead atoms. The maximum Gasteiger partial charge on any atom is 0.0443 e. The number of hydrogen-bond acceptors (Lipinski definition) is 2. The van der Waals surface area contributed by atoms with Crippen LogP contribution in [0.3, 0.4) is 0 Å². The van der Waals surface area contributed by atoms with Crippen LogP contribution in [0.5, 0.6) is 0 Å². The highest BCUT2D eigenvalue weighted by Gasteiger charge is 1.84. The first-order valence-electron chi connectivity index (χ1n) is 2.15. The molecule has 2 N–H and O–H groups in total. The summed E-state index contributed by atoms with van der Waals surface area (Å²) in [7, 11) is 0. The Morgan fingerprint density at radius 1 is 1.62 bits per heavy atom. The summed E-state index contributed by atoms with van der Waals surface area (Å²) < 4.78 is 0. The van der Waals surface area contributed by atoms with Crippen molar-refractivity contribution in [3.63, 3.8) is 0 Å². The van der Waals surface area contributed by atoms with E-state index in [1.807, 2.05) is 0 Å². The molecule has 44 valence electrons. The third-order valence-corrected chi connectivity index (χ3v) is 0.889. The summed E-state index contributed by atoms with van der Waals surface area (Å²) in [5, 5.41) is 0. The van der Waals surface area contributed by atoms with E-state index in [0.29, 0.717) is 10.6 Å². The van der Waals surface area contributed by atoms with Gasteiger partial charge in [0.15, 0.2) is 0 Å². The number of rotatable bonds is 2. The summed E-state index contributed by atoms with van der Waals surface area (Å²) in [5.41, 5.74) is 5.90. The highest BCUT2D eigenvalue weighted by molar-refractivity contribution is 7.84. The zero-order valence-corrected chi connectivity index (χ0v) is 5.49. The molecule has 0 aliphatic rings. The Bertz CT molecular complexity index is 135. The monoisotopic (exact) mass is 127 g/mol. The molecule has 1 nitrogen and oxygen atoms in total. The molecule has 2 heteroatoms. The summed E-state index contributed by atoms with van der Waals surface area (Å²) in [6, 6.07) is 0. The zero-order valence-electron chi connectivity index (χ0n) is 4.59. The summed E-state index contributed by atoms with van der Waals surface area (Å²) in [5.74, 6) is 0. The average molecular weight is 127 g/mol. The molecule has 0 fully saturated rings. The van der Waals surface area contributed by atoms with Crippen LogP contribution in [0, 0.1) is 0 Å². The SMILES string of the molecule is C=C/C=C(/N)C(=C)S. The average Bonchev–Trinajstić information content (AvgIpc) is 1.67. The van der Waals surface area contributed by atoms with Crippen LogP contribution in [-0.2, 0) is 0 Å². The Balaban J connectivity index is 3.99. The molecule has 0 unspecified atom stereocenters. The lowest BCUT2D eigenvalue weighted by Crippen LogP contribution is -1.94. The Morgan fingerprint density at radius 2 is 2.12 bits per heavy atom. The lowest BCUT2D eigenvalue weighted by molar-refractivity contribution is 1.42. The topological polar surface area (TPSA) is 26.0 Å². The molecule has 0 amide bonds. The lowest BCUT2D eigenvalue weighted by atomic mass is 10.4. The normalized spacial score (nSPS) is 10.9. The molecule has 0 radical (unpaired) electrons. The number of allylic oxidation sites excluding steroid dienone is 2. The van der Waals surface area contributed by atoms with Crippen molar-refractivity contribution in [2.75, 3.05) is 0 Å². The minimum atomic E-state index is 0.559. The molecule has 0 heterocycles. The fraction of sp³-hybridized carbons (Fsp3) is 0. The van der Waals surface area contributed by atoms with Gasteiger partial charge in [-0.1, -0.05) is 19.2 Å². The van der Waals surface area contributed by atoms with E-state index in [1.165, 1.54) is 0 Å². The van der Waals surface area contributed by atoms with E-state index in [0.717, 1.165) is 0 Å². The van der Waals surface area contributed by atoms with Gasteiger partial charge in [-0.05, 0) is 6.08 Å². The molecule has 0 aliphatic carbocycles. The van der Waals surface area contributed by atoms with Crippen LogP contribution in [0.2, 0.25) is 0 Å². The summed E-state index contributed by atoms with van der Waals surface area (Å²) in [4.78, 5) is 0.574. The van der Waals surface area contributed by atoms with Crippen molar-refractivity contribution in [1.82, 2.24) is 0 Å². The third-order valence-electron chi connectivity index (χ3n) is 0.631. The summed E-state index contributed by atoms with van der Waals surface area (Å²) in [6.45, 7) is 6.95. The number of nitrogens with two attached hydrogens (primary N) is 1. The molecule has 0 rings (SSSR count). The molecular formula is C6H9NS. The van der Waals surface area contributed by atoms with E-state index in [-0.39, 0.29) is 0 Å². The van der Waals surface area contributed by atoms with Gasteiger partial charge in [-0.25, -0.2) is 0 Å². The van der Waals surface area contributed by atoms with Crippen LogP contribution < -0.4 is 5.73 Å². The fourth-order valence-corrected chi connectivity index (χ4v) is 0.298. The first-order chi connectivity index (χ1) is 3.68. The predicted molar refractivity (Wildman–Crippen MR) is 40.6 cm³/mol. The van der Waals surface area contributed by atoms with Crippen molar-refractivity contribution in [2.24, 2.45) is 5.73 Å². The minimum absolute atomic E-state index is 0.559. The molecule has 0 aliphatic heterocycles. The number of hydrogen-bond donors (Lipinski definition) is 2. The summed E-state index contributed by atoms with van der Waals surface area (Å²) in [6.07, 6.45) is 3.24. The van der Waals surface area contributed by atoms with Gasteiger partial charge in [0.25, 0.3) is 0 Å². The maximum absolute atomic E-state index is 5.34. The van der Waals surface area contributed by atoms with Gasteiger partial charge in [-0.15, -0.1) is 12.6 Å². The van der Waals surface area contributed by atoms with E-state index >= 15 is 0 Å². The molecule has 8 heavy (non-hydrogen) atoms. The van der Waals surface area contributed by atoms with E-state index in [9.17, 15) is 0 Å². The third kappa shape index (κ3) is 2.53. The minimum Gasteiger partial charge on any atom is -0.398 e. The lowest BCUT2D eigenvalue weighted by Gasteiger charge is -1.92. The molecular weight excluding hydrogens is 118 g/mol. The van der Waals surface area contributed by atoms with Gasteiger partial charge in [0, 0.05) is 10.6 Å². The molecule has 0 aromatic heterocycles. The molecule has 0 spiro atoms. The largest absolute Gasteiger partial charge is 0.398 e. The smallest absolute Gasteiger partial charge is 0.0443 e. The van der Waals surface area contributed by atoms with Crippen molar-refractivity contribution in [2.45, 2.75) is 0 Å². The maximum atomic E-state index is 5.34. The van der Waals surface area contributed by atoms with E-state index in [2.05, 4.69) is 25.8 Å². The van der Waals surface area contributed by atoms with E-state index < -0.39 is 0 Å². The molecule has 0 saturated carbocycles. The highest BCUT2D eigenvalue weighted by Crippen LogP contribution is 2.03. The molecule has 0 atom stereocenters. The zero-order chi connectivity index (χ0) is 6.57. The fourth-order valence-electron chi connectivity index (χ4n) is 0.223. The Labute approximate surface area is 55.0 Å². The van der Waals surface area contributed by atoms with Crippen LogP contribution in [0.25, 0.3) is 0 Å². The van der Waals surface area contributed by atoms with Gasteiger partial charge >= 0.3 is 0 Å². The van der Waals surface area contributed by atoms with Crippen LogP contribution in [0.15, 0.2) is 35.9 Å². The standard InChI is InChI=1S/C6H9NS/c1-3-4-6(7)5(2)8/h3-4,8H,1-2,7H2/b6-4+. The molecule has 0 aromatic carbocycles. The summed E-state index contributed by atoms with van der Waals surface area (Å²) >= 11 is 3.89. The van der Waals surface area contributed by atoms with Crippen molar-refractivity contribution >= 4 is 12.6 Å². The Kier molecular flexibility index (Phi) is 3.12. The van der Waals surface area contributed by atoms with Crippen LogP contribution in [0.1, 0.15) is 0 Å². The van der Waals surface area contributed by atoms with Gasteiger partial charge in [-0.2, -0.15) is 0 Å². The van der Waals surface area contributed by atoms with Crippen molar-refractivity contribution in [3.8, 4) is 0 Å². The Hall–Kier alpha value is -0.630. The second-order valence-electron chi connectivity index (χ2n) is 1.30. The van der Waals surface area contributed by atoms with Gasteiger partial charge < -0.3 is 5.73 Å². The Morgan fingerprint density at radius 3 is 2.25 bits per heavy atom. The first-order valence-corrected chi connectivity index (χ1v) is 2.59. The van der Waals surface area contributed by atoms with Gasteiger partial charge in [0.1, 0.15) is 0 Å². The van der Waals surface area contributed by atoms with Crippen LogP contribution in [-0.4, -0.2) is 0 Å². The second-order valence-corrected chi connectivity index (χ2v) is 1.84. The van der Waals surface area contributed by atoms with Crippen molar-refractivity contribution in [1.29, 1.82) is 0 Å². The van der Waals surface area contributed by atoms with Crippen LogP contribution in [0.4, 0.5) is 0 Å². The number of thiol groups is 1. The van der Waals surface area contributed by atoms with Gasteiger partial charge in [-0.3, -0.25) is 0 Å². The first kappa shape index (κ1) is 7.37. The molecule has 0 saturated heterocycles. The van der Waals surface area contributed by atoms with Crippen molar-refractivity contribution < 1.29 is 0 Å². The predicted octanol–water partition coefficient (Wildman–Crippen LogP) is 1.46. The van der Waals surface area contributed by atoms with E-state index in [4.69, 9.17) is 5.73 Å². The highest BCUT2D eigenvalue weighted by atomic mass is 32.1. The van der Waals surface area contributed by atoms with E-state index in [1.54, 1.807) is 12.2 Å². The van der Waals surface area contributed by atoms with Gasteiger partial charge in [0.05, 0.1) is 0 Å². The van der Waals surface area contributed by atoms with Gasteiger partial charge in [0.2, 0.25) is 0 Å². The quantitative estimate of drug-likeness (QED) is 0.426. The second kappa shape index (κ2) is 3.38. The van der Waals surface area contributed by atoms with Crippen molar-refractivity contribution in [3.05, 3.63) is 35.9 Å². The van der Waals surface area contributed by atoms with Crippen LogP contribution >= 0.6 is 12.6 Å².